The van der Waals surface area contributed by atoms with Crippen molar-refractivity contribution in [2.75, 3.05) is 13.7 Å². The zero-order chi connectivity index (χ0) is 15.4. The third-order valence-corrected chi connectivity index (χ3v) is 3.33. The van der Waals surface area contributed by atoms with Crippen LogP contribution in [0.2, 0.25) is 0 Å². The molecule has 1 atom stereocenters. The molecule has 0 aliphatic heterocycles. The summed E-state index contributed by atoms with van der Waals surface area (Å²) < 4.78 is 34.6. The zero-order valence-corrected chi connectivity index (χ0v) is 12.4. The second-order valence-electron chi connectivity index (χ2n) is 4.75. The number of nitrogens with zero attached hydrogens (tertiary/aromatic N) is 2. The summed E-state index contributed by atoms with van der Waals surface area (Å²) in [6.45, 7) is 2.67. The van der Waals surface area contributed by atoms with E-state index in [1.807, 2.05) is 6.92 Å². The number of rotatable bonds is 6. The number of ether oxygens (including phenoxy) is 1. The number of halogens is 2. The first-order valence-electron chi connectivity index (χ1n) is 6.83. The molecule has 4 nitrogen and oxygen atoms in total. The van der Waals surface area contributed by atoms with Crippen molar-refractivity contribution >= 4 is 0 Å². The summed E-state index contributed by atoms with van der Waals surface area (Å²) in [5.74, 6) is -1.18. The maximum Gasteiger partial charge on any atom is 0.163 e. The highest BCUT2D eigenvalue weighted by atomic mass is 19.2. The van der Waals surface area contributed by atoms with Crippen molar-refractivity contribution in [2.24, 2.45) is 7.05 Å². The first-order valence-corrected chi connectivity index (χ1v) is 6.83. The highest BCUT2D eigenvalue weighted by molar-refractivity contribution is 5.37. The Morgan fingerprint density at radius 2 is 2.14 bits per heavy atom. The lowest BCUT2D eigenvalue weighted by Gasteiger charge is -2.21. The average Bonchev–Trinajstić information content (AvgIpc) is 2.85. The molecule has 21 heavy (non-hydrogen) atoms. The fourth-order valence-electron chi connectivity index (χ4n) is 2.30. The summed E-state index contributed by atoms with van der Waals surface area (Å²) in [6, 6.07) is 3.65. The molecule has 114 valence electrons. The standard InChI is InChI=1S/C15H19F2N3O/c1-4-8-18-14(10-6-5-7-11(16)13(10)17)15-12(21-3)9-19-20(15)2/h5-7,9,14,18H,4,8H2,1-3H3. The Hall–Kier alpha value is -1.95. The van der Waals surface area contributed by atoms with Crippen LogP contribution in [0.5, 0.6) is 5.75 Å². The van der Waals surface area contributed by atoms with Gasteiger partial charge >= 0.3 is 0 Å². The fraction of sp³-hybridized carbons (Fsp3) is 0.400. The second-order valence-corrected chi connectivity index (χ2v) is 4.75. The summed E-state index contributed by atoms with van der Waals surface area (Å²) in [5.41, 5.74) is 0.904. The molecule has 2 aromatic rings. The quantitative estimate of drug-likeness (QED) is 0.890. The molecule has 6 heteroatoms. The maximum atomic E-state index is 14.2. The zero-order valence-electron chi connectivity index (χ0n) is 12.4. The van der Waals surface area contributed by atoms with E-state index in [9.17, 15) is 8.78 Å². The molecular formula is C15H19F2N3O. The van der Waals surface area contributed by atoms with Crippen molar-refractivity contribution in [3.8, 4) is 5.75 Å². The Morgan fingerprint density at radius 3 is 2.81 bits per heavy atom. The van der Waals surface area contributed by atoms with Crippen LogP contribution >= 0.6 is 0 Å². The van der Waals surface area contributed by atoms with Gasteiger partial charge in [-0.25, -0.2) is 8.78 Å². The normalized spacial score (nSPS) is 12.4. The Labute approximate surface area is 122 Å². The molecule has 0 radical (unpaired) electrons. The van der Waals surface area contributed by atoms with Crippen LogP contribution in [0.25, 0.3) is 0 Å². The largest absolute Gasteiger partial charge is 0.493 e. The van der Waals surface area contributed by atoms with E-state index < -0.39 is 17.7 Å². The third-order valence-electron chi connectivity index (χ3n) is 3.33. The van der Waals surface area contributed by atoms with Gasteiger partial charge in [-0.05, 0) is 19.0 Å². The number of hydrogen-bond acceptors (Lipinski definition) is 3. The number of hydrogen-bond donors (Lipinski definition) is 1. The molecule has 1 aromatic heterocycles. The minimum absolute atomic E-state index is 0.241. The average molecular weight is 295 g/mol. The smallest absolute Gasteiger partial charge is 0.163 e. The van der Waals surface area contributed by atoms with Crippen LogP contribution < -0.4 is 10.1 Å². The maximum absolute atomic E-state index is 14.2. The molecule has 0 fully saturated rings. The predicted octanol–water partition coefficient (Wildman–Crippen LogP) is 2.80. The van der Waals surface area contributed by atoms with Gasteiger partial charge in [0.2, 0.25) is 0 Å². The van der Waals surface area contributed by atoms with E-state index in [2.05, 4.69) is 10.4 Å². The van der Waals surface area contributed by atoms with E-state index in [0.29, 0.717) is 18.0 Å². The predicted molar refractivity (Wildman–Crippen MR) is 76.3 cm³/mol. The molecule has 0 aliphatic carbocycles. The number of aromatic nitrogens is 2. The minimum atomic E-state index is -0.864. The van der Waals surface area contributed by atoms with Gasteiger partial charge in [0, 0.05) is 12.6 Å². The Balaban J connectivity index is 2.52. The Morgan fingerprint density at radius 1 is 1.38 bits per heavy atom. The minimum Gasteiger partial charge on any atom is -0.493 e. The molecule has 0 spiro atoms. The molecule has 0 bridgehead atoms. The van der Waals surface area contributed by atoms with Crippen molar-refractivity contribution in [1.29, 1.82) is 0 Å². The lowest BCUT2D eigenvalue weighted by Crippen LogP contribution is -2.26. The fourth-order valence-corrected chi connectivity index (χ4v) is 2.30. The van der Waals surface area contributed by atoms with Crippen molar-refractivity contribution in [2.45, 2.75) is 19.4 Å². The van der Waals surface area contributed by atoms with Crippen molar-refractivity contribution in [1.82, 2.24) is 15.1 Å². The van der Waals surface area contributed by atoms with Crippen LogP contribution in [0.15, 0.2) is 24.4 Å². The highest BCUT2D eigenvalue weighted by Crippen LogP contribution is 2.31. The lowest BCUT2D eigenvalue weighted by atomic mass is 10.0. The van der Waals surface area contributed by atoms with E-state index >= 15 is 0 Å². The van der Waals surface area contributed by atoms with Crippen molar-refractivity contribution in [3.63, 3.8) is 0 Å². The van der Waals surface area contributed by atoms with Crippen LogP contribution in [0.3, 0.4) is 0 Å². The molecule has 0 saturated carbocycles. The summed E-state index contributed by atoms with van der Waals surface area (Å²) >= 11 is 0. The first kappa shape index (κ1) is 15.4. The number of benzene rings is 1. The molecule has 0 saturated heterocycles. The molecular weight excluding hydrogens is 276 g/mol. The van der Waals surface area contributed by atoms with Crippen molar-refractivity contribution < 1.29 is 13.5 Å². The summed E-state index contributed by atoms with van der Waals surface area (Å²) in [7, 11) is 3.27. The SMILES string of the molecule is CCCNC(c1cccc(F)c1F)c1c(OC)cnn1C. The van der Waals surface area contributed by atoms with Gasteiger partial charge in [0.05, 0.1) is 19.3 Å². The summed E-state index contributed by atoms with van der Waals surface area (Å²) in [5, 5.41) is 7.35. The number of nitrogens with one attached hydrogen (secondary N) is 1. The third kappa shape index (κ3) is 3.05. The molecule has 1 N–H and O–H groups in total. The van der Waals surface area contributed by atoms with E-state index in [1.54, 1.807) is 24.0 Å². The van der Waals surface area contributed by atoms with Crippen molar-refractivity contribution in [3.05, 3.63) is 47.3 Å². The van der Waals surface area contributed by atoms with Gasteiger partial charge in [0.1, 0.15) is 5.69 Å². The molecule has 2 rings (SSSR count). The van der Waals surface area contributed by atoms with Gasteiger partial charge < -0.3 is 10.1 Å². The molecule has 1 unspecified atom stereocenters. The monoisotopic (exact) mass is 295 g/mol. The number of aryl methyl sites for hydroxylation is 1. The van der Waals surface area contributed by atoms with Crippen LogP contribution in [-0.4, -0.2) is 23.4 Å². The van der Waals surface area contributed by atoms with E-state index in [0.717, 1.165) is 12.5 Å². The topological polar surface area (TPSA) is 39.1 Å². The van der Waals surface area contributed by atoms with Crippen LogP contribution in [0.4, 0.5) is 8.78 Å². The highest BCUT2D eigenvalue weighted by Gasteiger charge is 2.25. The van der Waals surface area contributed by atoms with Crippen LogP contribution in [0.1, 0.15) is 30.6 Å². The number of methoxy groups -OCH3 is 1. The molecule has 0 amide bonds. The van der Waals surface area contributed by atoms with Gasteiger partial charge in [-0.2, -0.15) is 5.10 Å². The van der Waals surface area contributed by atoms with Gasteiger partial charge in [0.25, 0.3) is 0 Å². The molecule has 0 aliphatic rings. The Kier molecular flexibility index (Phi) is 4.90. The van der Waals surface area contributed by atoms with E-state index in [1.165, 1.54) is 13.2 Å². The van der Waals surface area contributed by atoms with Crippen LogP contribution in [0, 0.1) is 11.6 Å². The van der Waals surface area contributed by atoms with Gasteiger partial charge in [-0.1, -0.05) is 19.1 Å². The lowest BCUT2D eigenvalue weighted by molar-refractivity contribution is 0.397. The first-order chi connectivity index (χ1) is 10.1. The second kappa shape index (κ2) is 6.67. The molecule has 1 aromatic carbocycles. The van der Waals surface area contributed by atoms with Gasteiger partial charge in [-0.15, -0.1) is 0 Å². The Bertz CT molecular complexity index is 613. The molecule has 1 heterocycles. The van der Waals surface area contributed by atoms with E-state index in [4.69, 9.17) is 4.74 Å². The summed E-state index contributed by atoms with van der Waals surface area (Å²) in [6.07, 6.45) is 2.43. The summed E-state index contributed by atoms with van der Waals surface area (Å²) in [4.78, 5) is 0. The van der Waals surface area contributed by atoms with Crippen LogP contribution in [-0.2, 0) is 7.05 Å². The van der Waals surface area contributed by atoms with Gasteiger partial charge in [-0.3, -0.25) is 4.68 Å². The van der Waals surface area contributed by atoms with E-state index in [-0.39, 0.29) is 5.56 Å². The van der Waals surface area contributed by atoms with Gasteiger partial charge in [0.15, 0.2) is 17.4 Å².